The van der Waals surface area contributed by atoms with Crippen molar-refractivity contribution in [1.82, 2.24) is 15.1 Å². The van der Waals surface area contributed by atoms with Gasteiger partial charge in [0.05, 0.1) is 6.61 Å². The van der Waals surface area contributed by atoms with E-state index >= 15 is 0 Å². The zero-order valence-corrected chi connectivity index (χ0v) is 13.1. The number of nitrogens with zero attached hydrogens (tertiary/aromatic N) is 2. The highest BCUT2D eigenvalue weighted by atomic mass is 16.5. The number of rotatable bonds is 4. The first-order valence-electron chi connectivity index (χ1n) is 7.87. The van der Waals surface area contributed by atoms with E-state index in [1.807, 2.05) is 0 Å². The molecule has 20 heavy (non-hydrogen) atoms. The maximum Gasteiger partial charge on any atom is 0.225 e. The molecule has 2 rings (SSSR count). The largest absolute Gasteiger partial charge is 0.383 e. The molecule has 5 nitrogen and oxygen atoms in total. The number of methoxy groups -OCH3 is 1. The number of amides is 1. The third kappa shape index (κ3) is 3.71. The van der Waals surface area contributed by atoms with E-state index in [1.165, 1.54) is 0 Å². The highest BCUT2D eigenvalue weighted by Crippen LogP contribution is 2.21. The van der Waals surface area contributed by atoms with Gasteiger partial charge >= 0.3 is 0 Å². The predicted molar refractivity (Wildman–Crippen MR) is 79.7 cm³/mol. The molecule has 0 radical (unpaired) electrons. The van der Waals surface area contributed by atoms with Gasteiger partial charge in [-0.25, -0.2) is 0 Å². The minimum Gasteiger partial charge on any atom is -0.383 e. The Morgan fingerprint density at radius 1 is 1.20 bits per heavy atom. The molecule has 0 unspecified atom stereocenters. The molecule has 2 heterocycles. The molecule has 2 fully saturated rings. The minimum atomic E-state index is 0.237. The van der Waals surface area contributed by atoms with Crippen LogP contribution in [0.25, 0.3) is 0 Å². The maximum absolute atomic E-state index is 12.6. The zero-order valence-electron chi connectivity index (χ0n) is 13.1. The fraction of sp³-hybridized carbons (Fsp3) is 0.933. The topological polar surface area (TPSA) is 44.8 Å². The quantitative estimate of drug-likeness (QED) is 0.818. The molecular weight excluding hydrogens is 254 g/mol. The van der Waals surface area contributed by atoms with Crippen LogP contribution in [0, 0.1) is 5.92 Å². The first-order valence-corrected chi connectivity index (χ1v) is 7.87. The Morgan fingerprint density at radius 2 is 1.80 bits per heavy atom. The van der Waals surface area contributed by atoms with Crippen LogP contribution in [0.2, 0.25) is 0 Å². The van der Waals surface area contributed by atoms with Gasteiger partial charge in [-0.15, -0.1) is 0 Å². The first kappa shape index (κ1) is 15.7. The van der Waals surface area contributed by atoms with Gasteiger partial charge in [-0.05, 0) is 39.8 Å². The van der Waals surface area contributed by atoms with Crippen LogP contribution in [0.5, 0.6) is 0 Å². The molecule has 0 saturated carbocycles. The lowest BCUT2D eigenvalue weighted by Crippen LogP contribution is -2.59. The molecule has 2 saturated heterocycles. The van der Waals surface area contributed by atoms with E-state index in [4.69, 9.17) is 4.74 Å². The summed E-state index contributed by atoms with van der Waals surface area (Å²) in [5.74, 6) is 0.609. The van der Waals surface area contributed by atoms with E-state index < -0.39 is 0 Å². The molecule has 1 amide bonds. The number of hydrogen-bond donors (Lipinski definition) is 1. The molecule has 5 heteroatoms. The third-order valence-corrected chi connectivity index (χ3v) is 4.66. The van der Waals surface area contributed by atoms with Crippen LogP contribution in [0.1, 0.15) is 26.7 Å². The number of piperidine rings is 1. The Labute approximate surface area is 122 Å². The van der Waals surface area contributed by atoms with Crippen LogP contribution in [0.4, 0.5) is 0 Å². The van der Waals surface area contributed by atoms with Crippen molar-refractivity contribution in [3.63, 3.8) is 0 Å². The highest BCUT2D eigenvalue weighted by Gasteiger charge is 2.34. The Hall–Kier alpha value is -0.650. The van der Waals surface area contributed by atoms with Gasteiger partial charge in [0.25, 0.3) is 0 Å². The lowest BCUT2D eigenvalue weighted by Gasteiger charge is -2.45. The highest BCUT2D eigenvalue weighted by molar-refractivity contribution is 5.79. The molecule has 0 spiro atoms. The number of piperazine rings is 1. The second-order valence-corrected chi connectivity index (χ2v) is 6.20. The van der Waals surface area contributed by atoms with Crippen molar-refractivity contribution < 1.29 is 9.53 Å². The summed E-state index contributed by atoms with van der Waals surface area (Å²) in [6.07, 6.45) is 1.98. The normalized spacial score (nSPS) is 29.6. The van der Waals surface area contributed by atoms with E-state index in [0.29, 0.717) is 18.0 Å². The van der Waals surface area contributed by atoms with E-state index in [2.05, 4.69) is 29.0 Å². The summed E-state index contributed by atoms with van der Waals surface area (Å²) in [6, 6.07) is 0.833. The smallest absolute Gasteiger partial charge is 0.225 e. The van der Waals surface area contributed by atoms with Crippen LogP contribution >= 0.6 is 0 Å². The molecular formula is C15H29N3O2. The van der Waals surface area contributed by atoms with Crippen molar-refractivity contribution in [1.29, 1.82) is 0 Å². The van der Waals surface area contributed by atoms with Gasteiger partial charge in [0.15, 0.2) is 0 Å². The SMILES string of the molecule is COCCN1[C@H](C)CN(C(=O)C2CCNCC2)C[C@H]1C. The van der Waals surface area contributed by atoms with Crippen LogP contribution in [-0.4, -0.2) is 74.2 Å². The van der Waals surface area contributed by atoms with Gasteiger partial charge in [-0.3, -0.25) is 9.69 Å². The van der Waals surface area contributed by atoms with Gasteiger partial charge in [-0.1, -0.05) is 0 Å². The van der Waals surface area contributed by atoms with Crippen LogP contribution < -0.4 is 5.32 Å². The lowest BCUT2D eigenvalue weighted by molar-refractivity contribution is -0.141. The van der Waals surface area contributed by atoms with Gasteiger partial charge in [0.2, 0.25) is 5.91 Å². The van der Waals surface area contributed by atoms with Crippen molar-refractivity contribution in [3.8, 4) is 0 Å². The minimum absolute atomic E-state index is 0.237. The standard InChI is InChI=1S/C15H29N3O2/c1-12-10-17(11-13(2)18(12)8-9-20-3)15(19)14-4-6-16-7-5-14/h12-14,16H,4-11H2,1-3H3/t12-,13-/m1/s1. The number of hydrogen-bond acceptors (Lipinski definition) is 4. The van der Waals surface area contributed by atoms with E-state index in [9.17, 15) is 4.79 Å². The molecule has 0 aromatic carbocycles. The second-order valence-electron chi connectivity index (χ2n) is 6.20. The molecule has 0 aromatic rings. The number of carbonyl (C=O) groups is 1. The van der Waals surface area contributed by atoms with Gasteiger partial charge in [0, 0.05) is 44.7 Å². The Morgan fingerprint density at radius 3 is 2.35 bits per heavy atom. The maximum atomic E-state index is 12.6. The Bertz CT molecular complexity index is 306. The molecule has 0 aliphatic carbocycles. The van der Waals surface area contributed by atoms with Crippen molar-refractivity contribution >= 4 is 5.91 Å². The summed E-state index contributed by atoms with van der Waals surface area (Å²) >= 11 is 0. The third-order valence-electron chi connectivity index (χ3n) is 4.66. The number of nitrogens with one attached hydrogen (secondary N) is 1. The van der Waals surface area contributed by atoms with Crippen molar-refractivity contribution in [2.45, 2.75) is 38.8 Å². The Kier molecular flexibility index (Phi) is 5.81. The zero-order chi connectivity index (χ0) is 14.5. The van der Waals surface area contributed by atoms with Crippen molar-refractivity contribution in [2.75, 3.05) is 46.4 Å². The van der Waals surface area contributed by atoms with Crippen LogP contribution in [-0.2, 0) is 9.53 Å². The van der Waals surface area contributed by atoms with Crippen LogP contribution in [0.3, 0.4) is 0 Å². The molecule has 2 aliphatic heterocycles. The number of ether oxygens (including phenoxy) is 1. The van der Waals surface area contributed by atoms with Crippen LogP contribution in [0.15, 0.2) is 0 Å². The molecule has 1 N–H and O–H groups in total. The second kappa shape index (κ2) is 7.38. The monoisotopic (exact) mass is 283 g/mol. The van der Waals surface area contributed by atoms with Crippen molar-refractivity contribution in [3.05, 3.63) is 0 Å². The van der Waals surface area contributed by atoms with Gasteiger partial charge < -0.3 is 15.0 Å². The summed E-state index contributed by atoms with van der Waals surface area (Å²) in [5.41, 5.74) is 0. The summed E-state index contributed by atoms with van der Waals surface area (Å²) in [4.78, 5) is 17.2. The lowest BCUT2D eigenvalue weighted by atomic mass is 9.95. The summed E-state index contributed by atoms with van der Waals surface area (Å²) < 4.78 is 5.18. The molecule has 2 aliphatic rings. The summed E-state index contributed by atoms with van der Waals surface area (Å²) in [5, 5.41) is 3.33. The molecule has 116 valence electrons. The average molecular weight is 283 g/mol. The molecule has 0 aromatic heterocycles. The number of carbonyl (C=O) groups excluding carboxylic acids is 1. The molecule has 2 atom stereocenters. The summed E-state index contributed by atoms with van der Waals surface area (Å²) in [7, 11) is 1.74. The first-order chi connectivity index (χ1) is 9.63. The van der Waals surface area contributed by atoms with Gasteiger partial charge in [-0.2, -0.15) is 0 Å². The van der Waals surface area contributed by atoms with Crippen molar-refractivity contribution in [2.24, 2.45) is 5.92 Å². The molecule has 0 bridgehead atoms. The predicted octanol–water partition coefficient (Wildman–Crippen LogP) is 0.554. The van der Waals surface area contributed by atoms with Gasteiger partial charge in [0.1, 0.15) is 0 Å². The fourth-order valence-electron chi connectivity index (χ4n) is 3.50. The average Bonchev–Trinajstić information content (AvgIpc) is 2.46. The Balaban J connectivity index is 1.90. The van der Waals surface area contributed by atoms with E-state index in [0.717, 1.165) is 52.2 Å². The van der Waals surface area contributed by atoms with E-state index in [-0.39, 0.29) is 5.92 Å². The fourth-order valence-corrected chi connectivity index (χ4v) is 3.50. The van der Waals surface area contributed by atoms with E-state index in [1.54, 1.807) is 7.11 Å². The summed E-state index contributed by atoms with van der Waals surface area (Å²) in [6.45, 7) is 9.82.